The van der Waals surface area contributed by atoms with Crippen molar-refractivity contribution < 1.29 is 4.42 Å². The van der Waals surface area contributed by atoms with Gasteiger partial charge in [-0.05, 0) is 191 Å². The van der Waals surface area contributed by atoms with Crippen LogP contribution in [-0.2, 0) is 0 Å². The lowest BCUT2D eigenvalue weighted by Crippen LogP contribution is -1.92. The minimum Gasteiger partial charge on any atom is -0.456 e. The van der Waals surface area contributed by atoms with E-state index in [0.717, 1.165) is 21.9 Å². The van der Waals surface area contributed by atoms with Gasteiger partial charge < -0.3 is 4.42 Å². The molecule has 0 spiro atoms. The Morgan fingerprint density at radius 3 is 0.911 bits per heavy atom. The number of hydrogen-bond donors (Lipinski definition) is 0. The molecule has 79 heavy (non-hydrogen) atoms. The molecule has 0 atom stereocenters. The van der Waals surface area contributed by atoms with Gasteiger partial charge in [-0.3, -0.25) is 0 Å². The summed E-state index contributed by atoms with van der Waals surface area (Å²) in [5.74, 6) is 0. The maximum absolute atomic E-state index is 6.25. The highest BCUT2D eigenvalue weighted by atomic mass is 16.3. The molecule has 0 saturated heterocycles. The second kappa shape index (κ2) is 18.2. The van der Waals surface area contributed by atoms with Crippen LogP contribution in [0.4, 0.5) is 0 Å². The van der Waals surface area contributed by atoms with E-state index in [1.54, 1.807) is 0 Å². The van der Waals surface area contributed by atoms with E-state index in [-0.39, 0.29) is 0 Å². The second-order valence-corrected chi connectivity index (χ2v) is 21.0. The highest BCUT2D eigenvalue weighted by Crippen LogP contribution is 2.48. The summed E-state index contributed by atoms with van der Waals surface area (Å²) in [6.07, 6.45) is 0. The van der Waals surface area contributed by atoms with Crippen molar-refractivity contribution in [3.05, 3.63) is 291 Å². The van der Waals surface area contributed by atoms with Gasteiger partial charge in [-0.1, -0.05) is 243 Å². The molecular formula is C78H48O. The van der Waals surface area contributed by atoms with Gasteiger partial charge in [0, 0.05) is 10.8 Å². The van der Waals surface area contributed by atoms with Crippen molar-refractivity contribution in [3.63, 3.8) is 0 Å². The van der Waals surface area contributed by atoms with Gasteiger partial charge in [-0.25, -0.2) is 0 Å². The molecule has 0 saturated carbocycles. The van der Waals surface area contributed by atoms with Crippen molar-refractivity contribution in [2.75, 3.05) is 0 Å². The summed E-state index contributed by atoms with van der Waals surface area (Å²) in [4.78, 5) is 0. The van der Waals surface area contributed by atoms with E-state index in [1.165, 1.54) is 143 Å². The minimum absolute atomic E-state index is 0.908. The van der Waals surface area contributed by atoms with Gasteiger partial charge >= 0.3 is 0 Å². The summed E-state index contributed by atoms with van der Waals surface area (Å²) < 4.78 is 6.25. The first-order valence-corrected chi connectivity index (χ1v) is 27.3. The van der Waals surface area contributed by atoms with Crippen LogP contribution in [0.25, 0.3) is 164 Å². The van der Waals surface area contributed by atoms with Gasteiger partial charge in [0.2, 0.25) is 0 Å². The van der Waals surface area contributed by atoms with E-state index < -0.39 is 0 Å². The number of para-hydroxylation sites is 1. The summed E-state index contributed by atoms with van der Waals surface area (Å²) in [6.45, 7) is 0. The van der Waals surface area contributed by atoms with E-state index in [0.29, 0.717) is 0 Å². The van der Waals surface area contributed by atoms with E-state index in [2.05, 4.69) is 285 Å². The monoisotopic (exact) mass is 1000 g/mol. The van der Waals surface area contributed by atoms with Gasteiger partial charge in [0.1, 0.15) is 11.2 Å². The maximum atomic E-state index is 6.25. The second-order valence-electron chi connectivity index (χ2n) is 21.0. The maximum Gasteiger partial charge on any atom is 0.135 e. The third-order valence-corrected chi connectivity index (χ3v) is 16.6. The van der Waals surface area contributed by atoms with Crippen LogP contribution in [0.1, 0.15) is 0 Å². The molecule has 0 radical (unpaired) electrons. The average molecular weight is 1000 g/mol. The van der Waals surface area contributed by atoms with Crippen LogP contribution in [0.2, 0.25) is 0 Å². The Morgan fingerprint density at radius 1 is 0.165 bits per heavy atom. The molecule has 0 fully saturated rings. The fourth-order valence-electron chi connectivity index (χ4n) is 13.0. The first kappa shape index (κ1) is 44.9. The van der Waals surface area contributed by atoms with Gasteiger partial charge in [0.15, 0.2) is 0 Å². The molecule has 1 aromatic heterocycles. The standard InChI is InChI=1S/C78H48O/c1-3-17-49(18-4-1)61-41-39-59(47-71(61)50-19-5-2-6-20-50)77-67-26-11-7-22-63(67)75(64-23-8-12-27-68(64)77)57-37-35-53-43-51(31-33-55(53)45-57)52-32-34-56-46-58(38-36-54(56)44-52)76-65-24-9-13-28-69(65)78(70-29-14-10-25-66(70)76)60-40-42-74-72(48-60)62-21-15-16-30-73(62)79-74/h1-48H. The Labute approximate surface area is 457 Å². The third-order valence-electron chi connectivity index (χ3n) is 16.6. The SMILES string of the molecule is c1ccc(-c2ccc(-c3c4ccccc4c(-c4ccc5cc(-c6ccc7cc(-c8c9ccccc9c(-c9ccc%10oc%11ccccc%11c%10c9)c9ccccc89)ccc7c6)ccc5c4)c4ccccc34)cc2-c2ccccc2)cc1. The Bertz CT molecular complexity index is 5010. The summed E-state index contributed by atoms with van der Waals surface area (Å²) in [5.41, 5.74) is 18.9. The Kier molecular flexibility index (Phi) is 10.3. The van der Waals surface area contributed by atoms with Gasteiger partial charge in [-0.15, -0.1) is 0 Å². The predicted molar refractivity (Wildman–Crippen MR) is 337 cm³/mol. The van der Waals surface area contributed by atoms with Crippen LogP contribution in [0.3, 0.4) is 0 Å². The number of rotatable bonds is 7. The number of furan rings is 1. The van der Waals surface area contributed by atoms with Crippen molar-refractivity contribution in [3.8, 4) is 77.9 Å². The first-order valence-electron chi connectivity index (χ1n) is 27.3. The minimum atomic E-state index is 0.908. The Morgan fingerprint density at radius 2 is 0.468 bits per heavy atom. The highest BCUT2D eigenvalue weighted by Gasteiger charge is 2.21. The molecule has 0 aliphatic carbocycles. The molecule has 15 aromatic carbocycles. The zero-order valence-electron chi connectivity index (χ0n) is 43.1. The lowest BCUT2D eigenvalue weighted by atomic mass is 9.84. The lowest BCUT2D eigenvalue weighted by molar-refractivity contribution is 0.669. The molecule has 366 valence electrons. The normalized spacial score (nSPS) is 11.8. The predicted octanol–water partition coefficient (Wildman–Crippen LogP) is 22.2. The fourth-order valence-corrected chi connectivity index (χ4v) is 13.0. The fraction of sp³-hybridized carbons (Fsp3) is 0. The molecular weight excluding hydrogens is 953 g/mol. The molecule has 16 aromatic rings. The number of benzene rings is 15. The third kappa shape index (κ3) is 7.39. The van der Waals surface area contributed by atoms with Gasteiger partial charge in [0.25, 0.3) is 0 Å². The molecule has 0 unspecified atom stereocenters. The highest BCUT2D eigenvalue weighted by molar-refractivity contribution is 6.24. The molecule has 1 nitrogen and oxygen atoms in total. The van der Waals surface area contributed by atoms with Crippen LogP contribution in [0.15, 0.2) is 296 Å². The van der Waals surface area contributed by atoms with Crippen molar-refractivity contribution >= 4 is 86.6 Å². The molecule has 16 rings (SSSR count). The van der Waals surface area contributed by atoms with Crippen LogP contribution in [0.5, 0.6) is 0 Å². The number of fused-ring (bicyclic) bond motifs is 9. The molecule has 0 bridgehead atoms. The summed E-state index contributed by atoms with van der Waals surface area (Å²) >= 11 is 0. The molecule has 0 amide bonds. The molecule has 1 heterocycles. The van der Waals surface area contributed by atoms with Crippen molar-refractivity contribution in [2.24, 2.45) is 0 Å². The molecule has 0 aliphatic rings. The van der Waals surface area contributed by atoms with E-state index in [9.17, 15) is 0 Å². The average Bonchev–Trinajstić information content (AvgIpc) is 4.06. The van der Waals surface area contributed by atoms with Crippen LogP contribution >= 0.6 is 0 Å². The van der Waals surface area contributed by atoms with Gasteiger partial charge in [-0.2, -0.15) is 0 Å². The zero-order chi connectivity index (χ0) is 52.0. The van der Waals surface area contributed by atoms with Crippen LogP contribution in [-0.4, -0.2) is 0 Å². The smallest absolute Gasteiger partial charge is 0.135 e. The van der Waals surface area contributed by atoms with Crippen molar-refractivity contribution in [2.45, 2.75) is 0 Å². The first-order chi connectivity index (χ1) is 39.2. The summed E-state index contributed by atoms with van der Waals surface area (Å²) in [6, 6.07) is 107. The molecule has 1 heteroatoms. The van der Waals surface area contributed by atoms with Crippen LogP contribution in [0, 0.1) is 0 Å². The number of hydrogen-bond acceptors (Lipinski definition) is 1. The summed E-state index contributed by atoms with van der Waals surface area (Å²) in [5, 5.41) is 17.1. The topological polar surface area (TPSA) is 13.1 Å². The largest absolute Gasteiger partial charge is 0.456 e. The zero-order valence-corrected chi connectivity index (χ0v) is 43.1. The van der Waals surface area contributed by atoms with E-state index >= 15 is 0 Å². The van der Waals surface area contributed by atoms with Crippen LogP contribution < -0.4 is 0 Å². The van der Waals surface area contributed by atoms with Gasteiger partial charge in [0.05, 0.1) is 0 Å². The van der Waals surface area contributed by atoms with E-state index in [4.69, 9.17) is 4.42 Å². The Balaban J connectivity index is 0.760. The lowest BCUT2D eigenvalue weighted by Gasteiger charge is -2.19. The van der Waals surface area contributed by atoms with E-state index in [1.807, 2.05) is 6.07 Å². The summed E-state index contributed by atoms with van der Waals surface area (Å²) in [7, 11) is 0. The molecule has 0 aliphatic heterocycles. The quantitative estimate of drug-likeness (QED) is 0.145. The molecule has 0 N–H and O–H groups in total. The van der Waals surface area contributed by atoms with Crippen molar-refractivity contribution in [1.29, 1.82) is 0 Å². The van der Waals surface area contributed by atoms with Crippen molar-refractivity contribution in [1.82, 2.24) is 0 Å². The Hall–Kier alpha value is -10.3.